The molecule has 0 saturated heterocycles. The molecule has 2 aromatic rings. The van der Waals surface area contributed by atoms with Crippen LogP contribution in [0.15, 0.2) is 36.9 Å². The number of aromatic nitrogens is 3. The summed E-state index contributed by atoms with van der Waals surface area (Å²) < 4.78 is 1.60. The SMILES string of the molecule is CCCCC(N)C(=O)Nc1ccccc1-n1cncn1. The number of para-hydroxylation sites is 2. The van der Waals surface area contributed by atoms with Gasteiger partial charge in [0.05, 0.1) is 17.4 Å². The van der Waals surface area contributed by atoms with Gasteiger partial charge in [-0.3, -0.25) is 4.79 Å². The molecule has 0 spiro atoms. The van der Waals surface area contributed by atoms with E-state index in [9.17, 15) is 4.79 Å². The van der Waals surface area contributed by atoms with Crippen LogP contribution in [-0.4, -0.2) is 26.7 Å². The van der Waals surface area contributed by atoms with Gasteiger partial charge in [0.25, 0.3) is 0 Å². The van der Waals surface area contributed by atoms with E-state index in [1.54, 1.807) is 11.0 Å². The molecule has 0 aliphatic carbocycles. The predicted octanol–water partition coefficient (Wildman–Crippen LogP) is 1.72. The third kappa shape index (κ3) is 3.42. The van der Waals surface area contributed by atoms with E-state index in [4.69, 9.17) is 5.73 Å². The Bertz CT molecular complexity index is 552. The molecule has 20 heavy (non-hydrogen) atoms. The summed E-state index contributed by atoms with van der Waals surface area (Å²) in [6.45, 7) is 2.07. The first-order valence-electron chi connectivity index (χ1n) is 6.73. The second-order valence-corrected chi connectivity index (χ2v) is 4.60. The van der Waals surface area contributed by atoms with Crippen LogP contribution in [-0.2, 0) is 4.79 Å². The Morgan fingerprint density at radius 1 is 1.45 bits per heavy atom. The van der Waals surface area contributed by atoms with Crippen LogP contribution >= 0.6 is 0 Å². The molecular weight excluding hydrogens is 254 g/mol. The fourth-order valence-electron chi connectivity index (χ4n) is 1.89. The summed E-state index contributed by atoms with van der Waals surface area (Å²) in [7, 11) is 0. The van der Waals surface area contributed by atoms with Crippen LogP contribution in [0.3, 0.4) is 0 Å². The molecule has 1 atom stereocenters. The van der Waals surface area contributed by atoms with Crippen molar-refractivity contribution >= 4 is 11.6 Å². The van der Waals surface area contributed by atoms with Crippen molar-refractivity contribution in [2.45, 2.75) is 32.2 Å². The van der Waals surface area contributed by atoms with Crippen molar-refractivity contribution in [3.05, 3.63) is 36.9 Å². The van der Waals surface area contributed by atoms with Crippen molar-refractivity contribution in [2.75, 3.05) is 5.32 Å². The molecule has 2 rings (SSSR count). The quantitative estimate of drug-likeness (QED) is 0.839. The average Bonchev–Trinajstić information content (AvgIpc) is 2.99. The Hall–Kier alpha value is -2.21. The number of nitrogens with two attached hydrogens (primary N) is 1. The number of anilines is 1. The summed E-state index contributed by atoms with van der Waals surface area (Å²) in [6.07, 6.45) is 5.69. The normalized spacial score (nSPS) is 12.1. The van der Waals surface area contributed by atoms with Crippen LogP contribution in [0.2, 0.25) is 0 Å². The monoisotopic (exact) mass is 273 g/mol. The molecule has 1 heterocycles. The lowest BCUT2D eigenvalue weighted by Gasteiger charge is -2.14. The molecule has 1 aromatic heterocycles. The van der Waals surface area contributed by atoms with Gasteiger partial charge in [0.15, 0.2) is 0 Å². The van der Waals surface area contributed by atoms with Gasteiger partial charge in [-0.05, 0) is 18.6 Å². The van der Waals surface area contributed by atoms with Crippen molar-refractivity contribution in [1.29, 1.82) is 0 Å². The van der Waals surface area contributed by atoms with Crippen LogP contribution in [0.4, 0.5) is 5.69 Å². The number of carbonyl (C=O) groups is 1. The number of amides is 1. The van der Waals surface area contributed by atoms with Crippen molar-refractivity contribution in [3.8, 4) is 5.69 Å². The smallest absolute Gasteiger partial charge is 0.241 e. The van der Waals surface area contributed by atoms with E-state index < -0.39 is 6.04 Å². The van der Waals surface area contributed by atoms with Gasteiger partial charge < -0.3 is 11.1 Å². The highest BCUT2D eigenvalue weighted by atomic mass is 16.2. The number of unbranched alkanes of at least 4 members (excludes halogenated alkanes) is 1. The zero-order valence-corrected chi connectivity index (χ0v) is 11.5. The van der Waals surface area contributed by atoms with E-state index in [0.717, 1.165) is 18.5 Å². The van der Waals surface area contributed by atoms with Crippen molar-refractivity contribution in [1.82, 2.24) is 14.8 Å². The fourth-order valence-corrected chi connectivity index (χ4v) is 1.89. The van der Waals surface area contributed by atoms with Gasteiger partial charge in [0.1, 0.15) is 12.7 Å². The van der Waals surface area contributed by atoms with Crippen LogP contribution in [0, 0.1) is 0 Å². The van der Waals surface area contributed by atoms with Gasteiger partial charge in [-0.2, -0.15) is 5.10 Å². The van der Waals surface area contributed by atoms with Gasteiger partial charge in [-0.15, -0.1) is 0 Å². The van der Waals surface area contributed by atoms with Crippen LogP contribution in [0.1, 0.15) is 26.2 Å². The Balaban J connectivity index is 2.12. The van der Waals surface area contributed by atoms with Crippen molar-refractivity contribution in [3.63, 3.8) is 0 Å². The molecule has 1 amide bonds. The van der Waals surface area contributed by atoms with Crippen LogP contribution in [0.25, 0.3) is 5.69 Å². The van der Waals surface area contributed by atoms with Gasteiger partial charge >= 0.3 is 0 Å². The van der Waals surface area contributed by atoms with Crippen molar-refractivity contribution in [2.24, 2.45) is 5.73 Å². The Labute approximate surface area is 118 Å². The molecule has 0 aliphatic rings. The largest absolute Gasteiger partial charge is 0.323 e. The summed E-state index contributed by atoms with van der Waals surface area (Å²) in [5.74, 6) is -0.175. The Morgan fingerprint density at radius 3 is 2.95 bits per heavy atom. The van der Waals surface area contributed by atoms with Crippen LogP contribution < -0.4 is 11.1 Å². The molecule has 0 bridgehead atoms. The van der Waals surface area contributed by atoms with E-state index in [1.807, 2.05) is 24.3 Å². The number of rotatable bonds is 6. The lowest BCUT2D eigenvalue weighted by molar-refractivity contribution is -0.117. The minimum atomic E-state index is -0.487. The minimum absolute atomic E-state index is 0.175. The van der Waals surface area contributed by atoms with Gasteiger partial charge in [0, 0.05) is 0 Å². The van der Waals surface area contributed by atoms with E-state index in [0.29, 0.717) is 12.1 Å². The zero-order chi connectivity index (χ0) is 14.4. The summed E-state index contributed by atoms with van der Waals surface area (Å²) in [6, 6.07) is 6.93. The fraction of sp³-hybridized carbons (Fsp3) is 0.357. The van der Waals surface area contributed by atoms with Gasteiger partial charge in [0.2, 0.25) is 5.91 Å². The summed E-state index contributed by atoms with van der Waals surface area (Å²) >= 11 is 0. The molecule has 0 fully saturated rings. The first-order valence-corrected chi connectivity index (χ1v) is 6.73. The third-order valence-electron chi connectivity index (χ3n) is 3.03. The van der Waals surface area contributed by atoms with Crippen molar-refractivity contribution < 1.29 is 4.79 Å². The molecule has 0 radical (unpaired) electrons. The topological polar surface area (TPSA) is 85.8 Å². The molecule has 6 heteroatoms. The summed E-state index contributed by atoms with van der Waals surface area (Å²) in [5, 5.41) is 6.93. The third-order valence-corrected chi connectivity index (χ3v) is 3.03. The minimum Gasteiger partial charge on any atom is -0.323 e. The maximum absolute atomic E-state index is 12.1. The lowest BCUT2D eigenvalue weighted by atomic mass is 10.1. The highest BCUT2D eigenvalue weighted by Crippen LogP contribution is 2.18. The molecule has 6 nitrogen and oxygen atoms in total. The summed E-state index contributed by atoms with van der Waals surface area (Å²) in [5.41, 5.74) is 7.31. The number of nitrogens with zero attached hydrogens (tertiary/aromatic N) is 3. The number of hydrogen-bond donors (Lipinski definition) is 2. The number of benzene rings is 1. The molecule has 106 valence electrons. The maximum Gasteiger partial charge on any atom is 0.241 e. The first-order chi connectivity index (χ1) is 9.72. The number of carbonyl (C=O) groups excluding carboxylic acids is 1. The molecule has 0 saturated carbocycles. The number of nitrogens with one attached hydrogen (secondary N) is 1. The Morgan fingerprint density at radius 2 is 2.25 bits per heavy atom. The lowest BCUT2D eigenvalue weighted by Crippen LogP contribution is -2.35. The van der Waals surface area contributed by atoms with Crippen LogP contribution in [0.5, 0.6) is 0 Å². The molecule has 1 aromatic carbocycles. The van der Waals surface area contributed by atoms with Gasteiger partial charge in [-0.1, -0.05) is 31.9 Å². The standard InChI is InChI=1S/C14H19N5O/c1-2-3-6-11(15)14(20)18-12-7-4-5-8-13(12)19-10-16-9-17-19/h4-5,7-11H,2-3,6,15H2,1H3,(H,18,20). The molecule has 0 aliphatic heterocycles. The van der Waals surface area contributed by atoms with Gasteiger partial charge in [-0.25, -0.2) is 9.67 Å². The molecular formula is C14H19N5O. The highest BCUT2D eigenvalue weighted by molar-refractivity contribution is 5.96. The van der Waals surface area contributed by atoms with E-state index in [2.05, 4.69) is 22.3 Å². The average molecular weight is 273 g/mol. The van der Waals surface area contributed by atoms with E-state index in [-0.39, 0.29) is 5.91 Å². The predicted molar refractivity (Wildman–Crippen MR) is 77.5 cm³/mol. The second kappa shape index (κ2) is 6.81. The second-order valence-electron chi connectivity index (χ2n) is 4.60. The zero-order valence-electron chi connectivity index (χ0n) is 11.5. The number of hydrogen-bond acceptors (Lipinski definition) is 4. The highest BCUT2D eigenvalue weighted by Gasteiger charge is 2.15. The summed E-state index contributed by atoms with van der Waals surface area (Å²) in [4.78, 5) is 16.0. The first kappa shape index (κ1) is 14.2. The van der Waals surface area contributed by atoms with E-state index in [1.165, 1.54) is 6.33 Å². The maximum atomic E-state index is 12.1. The Kier molecular flexibility index (Phi) is 4.84. The van der Waals surface area contributed by atoms with E-state index >= 15 is 0 Å². The molecule has 1 unspecified atom stereocenters. The molecule has 3 N–H and O–H groups in total.